The highest BCUT2D eigenvalue weighted by Crippen LogP contribution is 2.40. The average Bonchev–Trinajstić information content (AvgIpc) is 3.50. The smallest absolute Gasteiger partial charge is 0.179 e. The summed E-state index contributed by atoms with van der Waals surface area (Å²) in [4.78, 5) is 0. The molecule has 158 valence electrons. The van der Waals surface area contributed by atoms with E-state index in [9.17, 15) is 4.39 Å². The van der Waals surface area contributed by atoms with Crippen LogP contribution in [-0.2, 0) is 0 Å². The molecular weight excluding hydrogens is 427 g/mol. The SMILES string of the molecule is Cc1cc(F)ccc1-c1nncc2cc(-c3ccc(Cl)c4c(NC5CC5)noc34)ccc12. The molecule has 0 amide bonds. The quantitative estimate of drug-likeness (QED) is 0.331. The number of nitrogens with one attached hydrogen (secondary N) is 1. The summed E-state index contributed by atoms with van der Waals surface area (Å²) in [6, 6.07) is 15.0. The predicted molar refractivity (Wildman–Crippen MR) is 124 cm³/mol. The Bertz CT molecular complexity index is 1510. The number of aryl methyl sites for hydroxylation is 1. The van der Waals surface area contributed by atoms with Crippen LogP contribution in [0, 0.1) is 12.7 Å². The van der Waals surface area contributed by atoms with Crippen LogP contribution in [0.4, 0.5) is 10.2 Å². The van der Waals surface area contributed by atoms with Gasteiger partial charge in [0.25, 0.3) is 0 Å². The van der Waals surface area contributed by atoms with E-state index in [1.54, 1.807) is 12.3 Å². The first kappa shape index (κ1) is 19.2. The van der Waals surface area contributed by atoms with E-state index in [-0.39, 0.29) is 5.82 Å². The van der Waals surface area contributed by atoms with Gasteiger partial charge < -0.3 is 9.84 Å². The van der Waals surface area contributed by atoms with Crippen molar-refractivity contribution < 1.29 is 8.91 Å². The van der Waals surface area contributed by atoms with E-state index in [4.69, 9.17) is 16.1 Å². The number of benzene rings is 3. The first-order valence-corrected chi connectivity index (χ1v) is 10.8. The molecule has 7 heteroatoms. The van der Waals surface area contributed by atoms with Gasteiger partial charge in [-0.1, -0.05) is 28.9 Å². The van der Waals surface area contributed by atoms with Crippen LogP contribution in [0.1, 0.15) is 18.4 Å². The lowest BCUT2D eigenvalue weighted by molar-refractivity contribution is 0.460. The molecule has 0 saturated heterocycles. The lowest BCUT2D eigenvalue weighted by atomic mass is 9.97. The van der Waals surface area contributed by atoms with Crippen molar-refractivity contribution in [3.63, 3.8) is 0 Å². The number of hydrogen-bond donors (Lipinski definition) is 1. The Morgan fingerprint density at radius 2 is 1.91 bits per heavy atom. The molecule has 0 bridgehead atoms. The van der Waals surface area contributed by atoms with Crippen molar-refractivity contribution in [3.8, 4) is 22.4 Å². The fourth-order valence-electron chi connectivity index (χ4n) is 4.11. The molecule has 5 aromatic rings. The highest BCUT2D eigenvalue weighted by Gasteiger charge is 2.25. The third kappa shape index (κ3) is 3.19. The van der Waals surface area contributed by atoms with Gasteiger partial charge >= 0.3 is 0 Å². The molecule has 0 spiro atoms. The largest absolute Gasteiger partial charge is 0.364 e. The van der Waals surface area contributed by atoms with Gasteiger partial charge in [0.2, 0.25) is 0 Å². The summed E-state index contributed by atoms with van der Waals surface area (Å²) in [6.07, 6.45) is 4.00. The van der Waals surface area contributed by atoms with E-state index in [0.29, 0.717) is 22.5 Å². The van der Waals surface area contributed by atoms with Crippen LogP contribution < -0.4 is 5.32 Å². The minimum atomic E-state index is -0.268. The summed E-state index contributed by atoms with van der Waals surface area (Å²) in [5.74, 6) is 0.422. The molecule has 1 saturated carbocycles. The summed E-state index contributed by atoms with van der Waals surface area (Å²) in [7, 11) is 0. The minimum absolute atomic E-state index is 0.268. The van der Waals surface area contributed by atoms with Crippen molar-refractivity contribution in [1.29, 1.82) is 0 Å². The number of nitrogens with zero attached hydrogens (tertiary/aromatic N) is 3. The van der Waals surface area contributed by atoms with E-state index in [0.717, 1.165) is 56.9 Å². The van der Waals surface area contributed by atoms with Gasteiger partial charge in [0.15, 0.2) is 11.4 Å². The van der Waals surface area contributed by atoms with Crippen molar-refractivity contribution >= 4 is 39.2 Å². The van der Waals surface area contributed by atoms with Crippen LogP contribution in [0.15, 0.2) is 59.3 Å². The summed E-state index contributed by atoms with van der Waals surface area (Å²) in [6.45, 7) is 1.87. The monoisotopic (exact) mass is 444 g/mol. The van der Waals surface area contributed by atoms with Gasteiger partial charge in [-0.3, -0.25) is 0 Å². The Morgan fingerprint density at radius 3 is 2.72 bits per heavy atom. The van der Waals surface area contributed by atoms with E-state index in [1.807, 2.05) is 37.3 Å². The Kier molecular flexibility index (Phi) is 4.36. The number of aromatic nitrogens is 3. The van der Waals surface area contributed by atoms with Gasteiger partial charge in [0.1, 0.15) is 11.5 Å². The van der Waals surface area contributed by atoms with Gasteiger partial charge in [0, 0.05) is 27.9 Å². The Labute approximate surface area is 188 Å². The zero-order valence-corrected chi connectivity index (χ0v) is 17.9. The number of rotatable bonds is 4. The topological polar surface area (TPSA) is 63.8 Å². The average molecular weight is 445 g/mol. The molecule has 1 aliphatic rings. The first-order chi connectivity index (χ1) is 15.6. The summed E-state index contributed by atoms with van der Waals surface area (Å²) in [5.41, 5.74) is 4.91. The van der Waals surface area contributed by atoms with Gasteiger partial charge in [-0.2, -0.15) is 5.10 Å². The van der Waals surface area contributed by atoms with Crippen molar-refractivity contribution in [2.24, 2.45) is 0 Å². The second-order valence-corrected chi connectivity index (χ2v) is 8.61. The molecular formula is C25H18ClFN4O. The lowest BCUT2D eigenvalue weighted by Crippen LogP contribution is -2.01. The number of halogens is 2. The maximum absolute atomic E-state index is 13.6. The molecule has 5 nitrogen and oxygen atoms in total. The number of anilines is 1. The second-order valence-electron chi connectivity index (χ2n) is 8.20. The number of fused-ring (bicyclic) bond motifs is 2. The normalized spacial score (nSPS) is 13.7. The van der Waals surface area contributed by atoms with E-state index in [2.05, 4.69) is 20.7 Å². The van der Waals surface area contributed by atoms with E-state index in [1.165, 1.54) is 12.1 Å². The Hall–Kier alpha value is -3.51. The van der Waals surface area contributed by atoms with Crippen molar-refractivity contribution in [2.45, 2.75) is 25.8 Å². The molecule has 3 aromatic carbocycles. The minimum Gasteiger partial charge on any atom is -0.364 e. The molecule has 1 fully saturated rings. The van der Waals surface area contributed by atoms with E-state index >= 15 is 0 Å². The van der Waals surface area contributed by atoms with Crippen molar-refractivity contribution in [1.82, 2.24) is 15.4 Å². The molecule has 2 aromatic heterocycles. The third-order valence-corrected chi connectivity index (χ3v) is 6.22. The van der Waals surface area contributed by atoms with Crippen LogP contribution in [0.2, 0.25) is 5.02 Å². The van der Waals surface area contributed by atoms with Crippen LogP contribution >= 0.6 is 11.6 Å². The molecule has 0 aliphatic heterocycles. The van der Waals surface area contributed by atoms with Crippen LogP contribution in [-0.4, -0.2) is 21.4 Å². The molecule has 6 rings (SSSR count). The molecule has 1 aliphatic carbocycles. The highest BCUT2D eigenvalue weighted by atomic mass is 35.5. The van der Waals surface area contributed by atoms with Gasteiger partial charge in [0.05, 0.1) is 16.6 Å². The first-order valence-electron chi connectivity index (χ1n) is 10.5. The highest BCUT2D eigenvalue weighted by molar-refractivity contribution is 6.36. The van der Waals surface area contributed by atoms with Crippen LogP contribution in [0.3, 0.4) is 0 Å². The van der Waals surface area contributed by atoms with Gasteiger partial charge in [-0.15, -0.1) is 5.10 Å². The summed E-state index contributed by atoms with van der Waals surface area (Å²) >= 11 is 6.49. The predicted octanol–water partition coefficient (Wildman–Crippen LogP) is 6.78. The third-order valence-electron chi connectivity index (χ3n) is 5.91. The Balaban J connectivity index is 1.49. The zero-order chi connectivity index (χ0) is 21.8. The fourth-order valence-corrected chi connectivity index (χ4v) is 4.34. The van der Waals surface area contributed by atoms with E-state index < -0.39 is 0 Å². The van der Waals surface area contributed by atoms with Gasteiger partial charge in [-0.25, -0.2) is 4.39 Å². The summed E-state index contributed by atoms with van der Waals surface area (Å²) in [5, 5.41) is 19.4. The molecule has 0 atom stereocenters. The van der Waals surface area contributed by atoms with Crippen LogP contribution in [0.5, 0.6) is 0 Å². The van der Waals surface area contributed by atoms with Crippen LogP contribution in [0.25, 0.3) is 44.1 Å². The maximum atomic E-state index is 13.6. The maximum Gasteiger partial charge on any atom is 0.179 e. The Morgan fingerprint density at radius 1 is 1.06 bits per heavy atom. The molecule has 1 N–H and O–H groups in total. The van der Waals surface area contributed by atoms with Crippen molar-refractivity contribution in [3.05, 3.63) is 71.1 Å². The molecule has 32 heavy (non-hydrogen) atoms. The zero-order valence-electron chi connectivity index (χ0n) is 17.2. The fraction of sp³-hybridized carbons (Fsp3) is 0.160. The molecule has 0 radical (unpaired) electrons. The van der Waals surface area contributed by atoms with Gasteiger partial charge in [-0.05, 0) is 67.3 Å². The second kappa shape index (κ2) is 7.28. The summed E-state index contributed by atoms with van der Waals surface area (Å²) < 4.78 is 19.3. The standard InChI is InChI=1S/C25H18ClFN4O/c1-13-10-16(27)3-7-18(13)23-19-6-2-14(11-15(19)12-28-30-23)20-8-9-21(26)22-24(20)32-31-25(22)29-17-4-5-17/h2-3,6-12,17H,4-5H2,1H3,(H,29,31). The molecule has 0 unspecified atom stereocenters. The number of hydrogen-bond acceptors (Lipinski definition) is 5. The van der Waals surface area contributed by atoms with Crippen molar-refractivity contribution in [2.75, 3.05) is 5.32 Å². The molecule has 2 heterocycles. The lowest BCUT2D eigenvalue weighted by Gasteiger charge is -2.10.